The summed E-state index contributed by atoms with van der Waals surface area (Å²) in [6.07, 6.45) is 0. The van der Waals surface area contributed by atoms with Crippen molar-refractivity contribution in [3.63, 3.8) is 0 Å². The van der Waals surface area contributed by atoms with Crippen LogP contribution in [-0.2, 0) is 10.8 Å². The van der Waals surface area contributed by atoms with E-state index in [9.17, 15) is 0 Å². The standard InChI is InChI=1S/C46H39BrN2/c1-45(2,3)31-19-22-37-34(26-31)35-27-32(46(4,5)6)20-23-38(35)48(37)40-16-11-17-41(44(40)47)49-39-21-18-28-12-9-10-15-33(28)43(39)36-24-29-13-7-8-14-30(29)25-42(36)49/h7-27H,1-6H3. The van der Waals surface area contributed by atoms with Gasteiger partial charge in [0.1, 0.15) is 0 Å². The van der Waals surface area contributed by atoms with E-state index < -0.39 is 0 Å². The molecule has 240 valence electrons. The highest BCUT2D eigenvalue weighted by Gasteiger charge is 2.23. The lowest BCUT2D eigenvalue weighted by atomic mass is 9.85. The number of rotatable bonds is 2. The van der Waals surface area contributed by atoms with Crippen molar-refractivity contribution in [3.05, 3.63) is 143 Å². The van der Waals surface area contributed by atoms with Crippen LogP contribution in [0.2, 0.25) is 0 Å². The average Bonchev–Trinajstić information content (AvgIpc) is 3.58. The first-order valence-electron chi connectivity index (χ1n) is 17.2. The van der Waals surface area contributed by atoms with Crippen LogP contribution in [0.4, 0.5) is 0 Å². The molecule has 49 heavy (non-hydrogen) atoms. The largest absolute Gasteiger partial charge is 0.308 e. The molecule has 3 heteroatoms. The first-order valence-corrected chi connectivity index (χ1v) is 18.0. The van der Waals surface area contributed by atoms with Crippen LogP contribution in [0.5, 0.6) is 0 Å². The lowest BCUT2D eigenvalue weighted by Gasteiger charge is -2.19. The molecule has 9 aromatic rings. The third kappa shape index (κ3) is 4.59. The summed E-state index contributed by atoms with van der Waals surface area (Å²) in [4.78, 5) is 0. The van der Waals surface area contributed by atoms with Gasteiger partial charge in [0.05, 0.1) is 37.9 Å². The second-order valence-electron chi connectivity index (χ2n) is 15.6. The van der Waals surface area contributed by atoms with Crippen LogP contribution in [-0.4, -0.2) is 9.13 Å². The molecule has 0 bridgehead atoms. The highest BCUT2D eigenvalue weighted by molar-refractivity contribution is 9.10. The molecule has 0 unspecified atom stereocenters. The van der Waals surface area contributed by atoms with Crippen molar-refractivity contribution in [1.82, 2.24) is 9.13 Å². The Hall–Kier alpha value is -4.86. The Morgan fingerprint density at radius 3 is 1.51 bits per heavy atom. The Morgan fingerprint density at radius 1 is 0.408 bits per heavy atom. The van der Waals surface area contributed by atoms with Crippen LogP contribution in [0.1, 0.15) is 52.7 Å². The quantitative estimate of drug-likeness (QED) is 0.170. The van der Waals surface area contributed by atoms with Crippen molar-refractivity contribution in [2.75, 3.05) is 0 Å². The molecule has 0 saturated carbocycles. The van der Waals surface area contributed by atoms with Crippen LogP contribution in [0, 0.1) is 0 Å². The number of benzene rings is 7. The summed E-state index contributed by atoms with van der Waals surface area (Å²) in [5.74, 6) is 0. The Kier molecular flexibility index (Phi) is 6.52. The fourth-order valence-corrected chi connectivity index (χ4v) is 8.42. The molecule has 0 amide bonds. The van der Waals surface area contributed by atoms with Gasteiger partial charge >= 0.3 is 0 Å². The van der Waals surface area contributed by atoms with Crippen LogP contribution >= 0.6 is 15.9 Å². The predicted molar refractivity (Wildman–Crippen MR) is 215 cm³/mol. The molecule has 0 radical (unpaired) electrons. The Balaban J connectivity index is 1.38. The van der Waals surface area contributed by atoms with Gasteiger partial charge in [-0.3, -0.25) is 0 Å². The van der Waals surface area contributed by atoms with E-state index in [0.717, 1.165) is 15.8 Å². The highest BCUT2D eigenvalue weighted by Crippen LogP contribution is 2.43. The smallest absolute Gasteiger partial charge is 0.0656 e. The Morgan fingerprint density at radius 2 is 0.918 bits per heavy atom. The van der Waals surface area contributed by atoms with E-state index in [4.69, 9.17) is 0 Å². The van der Waals surface area contributed by atoms with Crippen molar-refractivity contribution >= 4 is 81.1 Å². The molecule has 2 aromatic heterocycles. The van der Waals surface area contributed by atoms with E-state index >= 15 is 0 Å². The normalized spacial score (nSPS) is 12.8. The minimum absolute atomic E-state index is 0.0512. The average molecular weight is 700 g/mol. The van der Waals surface area contributed by atoms with Crippen molar-refractivity contribution < 1.29 is 0 Å². The first-order chi connectivity index (χ1) is 23.5. The zero-order valence-corrected chi connectivity index (χ0v) is 30.5. The number of halogens is 1. The van der Waals surface area contributed by atoms with Gasteiger partial charge in [-0.25, -0.2) is 0 Å². The van der Waals surface area contributed by atoms with Gasteiger partial charge in [0, 0.05) is 21.5 Å². The lowest BCUT2D eigenvalue weighted by molar-refractivity contribution is 0.590. The maximum atomic E-state index is 4.22. The molecule has 0 spiro atoms. The van der Waals surface area contributed by atoms with E-state index in [2.05, 4.69) is 194 Å². The summed E-state index contributed by atoms with van der Waals surface area (Å²) in [6.45, 7) is 13.8. The van der Waals surface area contributed by atoms with Crippen LogP contribution in [0.3, 0.4) is 0 Å². The van der Waals surface area contributed by atoms with Crippen LogP contribution in [0.25, 0.3) is 76.5 Å². The molecule has 0 aliphatic heterocycles. The lowest BCUT2D eigenvalue weighted by Crippen LogP contribution is -2.10. The van der Waals surface area contributed by atoms with Gasteiger partial charge in [-0.2, -0.15) is 0 Å². The molecule has 0 atom stereocenters. The topological polar surface area (TPSA) is 9.86 Å². The van der Waals surface area contributed by atoms with Gasteiger partial charge in [0.25, 0.3) is 0 Å². The molecule has 0 aliphatic rings. The molecule has 0 saturated heterocycles. The monoisotopic (exact) mass is 698 g/mol. The minimum atomic E-state index is 0.0512. The Labute approximate surface area is 295 Å². The van der Waals surface area contributed by atoms with Gasteiger partial charge in [-0.15, -0.1) is 0 Å². The second kappa shape index (κ2) is 10.6. The molecule has 0 N–H and O–H groups in total. The summed E-state index contributed by atoms with van der Waals surface area (Å²) >= 11 is 4.22. The second-order valence-corrected chi connectivity index (χ2v) is 16.4. The van der Waals surface area contributed by atoms with Gasteiger partial charge < -0.3 is 9.13 Å². The fraction of sp³-hybridized carbons (Fsp3) is 0.174. The molecule has 7 aromatic carbocycles. The molecule has 9 rings (SSSR count). The van der Waals surface area contributed by atoms with Gasteiger partial charge in [-0.1, -0.05) is 114 Å². The van der Waals surface area contributed by atoms with Crippen molar-refractivity contribution in [1.29, 1.82) is 0 Å². The van der Waals surface area contributed by atoms with Crippen LogP contribution in [0.15, 0.2) is 132 Å². The Bertz CT molecular complexity index is 2730. The number of nitrogens with zero attached hydrogens (tertiary/aromatic N) is 2. The van der Waals surface area contributed by atoms with E-state index in [0.29, 0.717) is 0 Å². The fourth-order valence-electron chi connectivity index (χ4n) is 7.80. The van der Waals surface area contributed by atoms with E-state index in [-0.39, 0.29) is 10.8 Å². The van der Waals surface area contributed by atoms with Crippen molar-refractivity contribution in [2.45, 2.75) is 52.4 Å². The van der Waals surface area contributed by atoms with E-state index in [1.165, 1.54) is 76.3 Å². The maximum Gasteiger partial charge on any atom is 0.0656 e. The van der Waals surface area contributed by atoms with E-state index in [1.807, 2.05) is 0 Å². The minimum Gasteiger partial charge on any atom is -0.308 e. The summed E-state index contributed by atoms with van der Waals surface area (Å²) in [6, 6.07) is 47.6. The third-order valence-electron chi connectivity index (χ3n) is 10.5. The van der Waals surface area contributed by atoms with Gasteiger partial charge in [-0.05, 0) is 114 Å². The molecule has 0 aliphatic carbocycles. The number of hydrogen-bond donors (Lipinski definition) is 0. The zero-order valence-electron chi connectivity index (χ0n) is 28.9. The summed E-state index contributed by atoms with van der Waals surface area (Å²) in [5, 5.41) is 10.2. The number of aromatic nitrogens is 2. The SMILES string of the molecule is CC(C)(C)c1ccc2c(c1)c1cc(C(C)(C)C)ccc1n2-c1cccc(-n2c3cc4ccccc4cc3c3c4ccccc4ccc32)c1Br. The third-order valence-corrected chi connectivity index (χ3v) is 11.3. The zero-order chi connectivity index (χ0) is 33.8. The first kappa shape index (κ1) is 30.2. The molecule has 0 fully saturated rings. The van der Waals surface area contributed by atoms with Crippen molar-refractivity contribution in [3.8, 4) is 11.4 Å². The maximum absolute atomic E-state index is 4.22. The summed E-state index contributed by atoms with van der Waals surface area (Å²) in [5.41, 5.74) is 9.87. The highest BCUT2D eigenvalue weighted by atomic mass is 79.9. The van der Waals surface area contributed by atoms with E-state index in [1.54, 1.807) is 0 Å². The van der Waals surface area contributed by atoms with Crippen molar-refractivity contribution in [2.24, 2.45) is 0 Å². The number of hydrogen-bond acceptors (Lipinski definition) is 0. The van der Waals surface area contributed by atoms with Gasteiger partial charge in [0.2, 0.25) is 0 Å². The summed E-state index contributed by atoms with van der Waals surface area (Å²) in [7, 11) is 0. The molecule has 2 heterocycles. The van der Waals surface area contributed by atoms with Crippen LogP contribution < -0.4 is 0 Å². The predicted octanol–water partition coefficient (Wildman–Crippen LogP) is 13.5. The molecular weight excluding hydrogens is 660 g/mol. The number of fused-ring (bicyclic) bond motifs is 9. The molecular formula is C46H39BrN2. The molecule has 2 nitrogen and oxygen atoms in total. The summed E-state index contributed by atoms with van der Waals surface area (Å²) < 4.78 is 5.98. The van der Waals surface area contributed by atoms with Gasteiger partial charge in [0.15, 0.2) is 0 Å².